The molecule has 0 saturated carbocycles. The highest BCUT2D eigenvalue weighted by Gasteiger charge is 2.16. The standard InChI is InChI=1S/C20H21N3O2/c1-14-11-18(15(2)23(14)13-16-7-5-4-6-8-16)20(24)22-17-9-10-19(25-3)21-12-17/h4-12H,13H2,1-3H3,(H,22,24). The molecule has 0 unspecified atom stereocenters. The van der Waals surface area contributed by atoms with Gasteiger partial charge in [0.25, 0.3) is 5.91 Å². The van der Waals surface area contributed by atoms with Crippen LogP contribution in [-0.2, 0) is 6.54 Å². The minimum atomic E-state index is -0.139. The fourth-order valence-electron chi connectivity index (χ4n) is 2.81. The zero-order valence-electron chi connectivity index (χ0n) is 14.6. The second-order valence-electron chi connectivity index (χ2n) is 5.90. The van der Waals surface area contributed by atoms with E-state index in [2.05, 4.69) is 27.0 Å². The molecule has 0 fully saturated rings. The monoisotopic (exact) mass is 335 g/mol. The Morgan fingerprint density at radius 1 is 1.16 bits per heavy atom. The van der Waals surface area contributed by atoms with E-state index < -0.39 is 0 Å². The number of carbonyl (C=O) groups excluding carboxylic acids is 1. The van der Waals surface area contributed by atoms with Crippen molar-refractivity contribution in [3.63, 3.8) is 0 Å². The number of hydrogen-bond donors (Lipinski definition) is 1. The first-order chi connectivity index (χ1) is 12.1. The molecule has 3 aromatic rings. The Balaban J connectivity index is 1.80. The number of anilines is 1. The van der Waals surface area contributed by atoms with Gasteiger partial charge in [0.1, 0.15) is 0 Å². The Bertz CT molecular complexity index is 868. The number of carbonyl (C=O) groups is 1. The number of benzene rings is 1. The largest absolute Gasteiger partial charge is 0.481 e. The molecule has 0 radical (unpaired) electrons. The smallest absolute Gasteiger partial charge is 0.257 e. The van der Waals surface area contributed by atoms with Crippen LogP contribution in [0.3, 0.4) is 0 Å². The predicted octanol–water partition coefficient (Wildman–Crippen LogP) is 3.81. The lowest BCUT2D eigenvalue weighted by atomic mass is 10.2. The first-order valence-corrected chi connectivity index (χ1v) is 8.10. The molecule has 25 heavy (non-hydrogen) atoms. The van der Waals surface area contributed by atoms with Gasteiger partial charge in [0.15, 0.2) is 0 Å². The van der Waals surface area contributed by atoms with Crippen molar-refractivity contribution in [2.45, 2.75) is 20.4 Å². The first-order valence-electron chi connectivity index (χ1n) is 8.10. The fourth-order valence-corrected chi connectivity index (χ4v) is 2.81. The van der Waals surface area contributed by atoms with Gasteiger partial charge in [0.2, 0.25) is 5.88 Å². The zero-order chi connectivity index (χ0) is 17.8. The fraction of sp³-hybridized carbons (Fsp3) is 0.200. The van der Waals surface area contributed by atoms with Crippen LogP contribution in [0.1, 0.15) is 27.3 Å². The molecule has 5 nitrogen and oxygen atoms in total. The number of hydrogen-bond acceptors (Lipinski definition) is 3. The second-order valence-corrected chi connectivity index (χ2v) is 5.90. The van der Waals surface area contributed by atoms with Gasteiger partial charge >= 0.3 is 0 Å². The molecule has 0 saturated heterocycles. The van der Waals surface area contributed by atoms with Gasteiger partial charge in [-0.15, -0.1) is 0 Å². The van der Waals surface area contributed by atoms with E-state index in [0.29, 0.717) is 17.1 Å². The summed E-state index contributed by atoms with van der Waals surface area (Å²) in [6, 6.07) is 15.6. The van der Waals surface area contributed by atoms with E-state index >= 15 is 0 Å². The number of amides is 1. The van der Waals surface area contributed by atoms with E-state index in [9.17, 15) is 4.79 Å². The van der Waals surface area contributed by atoms with Gasteiger partial charge in [-0.2, -0.15) is 0 Å². The van der Waals surface area contributed by atoms with E-state index in [1.807, 2.05) is 38.1 Å². The third-order valence-corrected chi connectivity index (χ3v) is 4.21. The van der Waals surface area contributed by atoms with Gasteiger partial charge in [-0.05, 0) is 31.5 Å². The number of aromatic nitrogens is 2. The van der Waals surface area contributed by atoms with Crippen LogP contribution in [0.5, 0.6) is 5.88 Å². The van der Waals surface area contributed by atoms with Gasteiger partial charge < -0.3 is 14.6 Å². The quantitative estimate of drug-likeness (QED) is 0.771. The Kier molecular flexibility index (Phi) is 4.84. The molecule has 0 aliphatic heterocycles. The molecule has 0 aliphatic rings. The Morgan fingerprint density at radius 3 is 2.56 bits per heavy atom. The number of nitrogens with zero attached hydrogens (tertiary/aromatic N) is 2. The van der Waals surface area contributed by atoms with Gasteiger partial charge in [0.05, 0.1) is 24.6 Å². The lowest BCUT2D eigenvalue weighted by Gasteiger charge is -2.10. The lowest BCUT2D eigenvalue weighted by molar-refractivity contribution is 0.102. The summed E-state index contributed by atoms with van der Waals surface area (Å²) in [6.45, 7) is 4.73. The minimum Gasteiger partial charge on any atom is -0.481 e. The summed E-state index contributed by atoms with van der Waals surface area (Å²) in [7, 11) is 1.56. The minimum absolute atomic E-state index is 0.139. The molecule has 1 aromatic carbocycles. The highest BCUT2D eigenvalue weighted by atomic mass is 16.5. The van der Waals surface area contributed by atoms with E-state index in [4.69, 9.17) is 4.74 Å². The Labute approximate surface area is 147 Å². The maximum absolute atomic E-state index is 12.6. The van der Waals surface area contributed by atoms with Gasteiger partial charge in [0, 0.05) is 24.0 Å². The van der Waals surface area contributed by atoms with E-state index in [1.54, 1.807) is 25.4 Å². The highest BCUT2D eigenvalue weighted by Crippen LogP contribution is 2.19. The van der Waals surface area contributed by atoms with Crippen LogP contribution >= 0.6 is 0 Å². The normalized spacial score (nSPS) is 10.5. The summed E-state index contributed by atoms with van der Waals surface area (Å²) < 4.78 is 7.18. The molecule has 3 rings (SSSR count). The van der Waals surface area contributed by atoms with Crippen molar-refractivity contribution >= 4 is 11.6 Å². The van der Waals surface area contributed by atoms with Gasteiger partial charge in [-0.25, -0.2) is 4.98 Å². The van der Waals surface area contributed by atoms with E-state index in [1.165, 1.54) is 5.56 Å². The molecule has 5 heteroatoms. The topological polar surface area (TPSA) is 56.1 Å². The van der Waals surface area contributed by atoms with E-state index in [0.717, 1.165) is 17.9 Å². The van der Waals surface area contributed by atoms with Crippen LogP contribution < -0.4 is 10.1 Å². The van der Waals surface area contributed by atoms with Crippen molar-refractivity contribution in [1.29, 1.82) is 0 Å². The molecule has 128 valence electrons. The molecule has 0 atom stereocenters. The molecule has 2 heterocycles. The Hall–Kier alpha value is -3.08. The van der Waals surface area contributed by atoms with Crippen molar-refractivity contribution in [1.82, 2.24) is 9.55 Å². The number of methoxy groups -OCH3 is 1. The molecule has 0 aliphatic carbocycles. The van der Waals surface area contributed by atoms with E-state index in [-0.39, 0.29) is 5.91 Å². The number of aryl methyl sites for hydroxylation is 1. The molecule has 0 spiro atoms. The van der Waals surface area contributed by atoms with Crippen LogP contribution in [0.4, 0.5) is 5.69 Å². The number of nitrogens with one attached hydrogen (secondary N) is 1. The molecular weight excluding hydrogens is 314 g/mol. The van der Waals surface area contributed by atoms with Crippen LogP contribution in [0, 0.1) is 13.8 Å². The number of pyridine rings is 1. The maximum Gasteiger partial charge on any atom is 0.257 e. The number of ether oxygens (including phenoxy) is 1. The van der Waals surface area contributed by atoms with Crippen molar-refractivity contribution in [3.05, 3.63) is 77.2 Å². The average molecular weight is 335 g/mol. The van der Waals surface area contributed by atoms with Crippen LogP contribution in [0.2, 0.25) is 0 Å². The summed E-state index contributed by atoms with van der Waals surface area (Å²) >= 11 is 0. The summed E-state index contributed by atoms with van der Waals surface area (Å²) in [5.74, 6) is 0.374. The predicted molar refractivity (Wildman–Crippen MR) is 98.2 cm³/mol. The Morgan fingerprint density at radius 2 is 1.92 bits per heavy atom. The van der Waals surface area contributed by atoms with Gasteiger partial charge in [-0.1, -0.05) is 30.3 Å². The van der Waals surface area contributed by atoms with Crippen LogP contribution in [-0.4, -0.2) is 22.6 Å². The average Bonchev–Trinajstić information content (AvgIpc) is 2.91. The van der Waals surface area contributed by atoms with Crippen molar-refractivity contribution < 1.29 is 9.53 Å². The highest BCUT2D eigenvalue weighted by molar-refractivity contribution is 6.05. The third-order valence-electron chi connectivity index (χ3n) is 4.21. The SMILES string of the molecule is COc1ccc(NC(=O)c2cc(C)n(Cc3ccccc3)c2C)cn1. The van der Waals surface area contributed by atoms with Crippen LogP contribution in [0.25, 0.3) is 0 Å². The summed E-state index contributed by atoms with van der Waals surface area (Å²) in [4.78, 5) is 16.7. The van der Waals surface area contributed by atoms with Crippen LogP contribution in [0.15, 0.2) is 54.7 Å². The lowest BCUT2D eigenvalue weighted by Crippen LogP contribution is -2.13. The molecule has 1 N–H and O–H groups in total. The molecule has 2 aromatic heterocycles. The van der Waals surface area contributed by atoms with Crippen molar-refractivity contribution in [2.24, 2.45) is 0 Å². The second kappa shape index (κ2) is 7.21. The maximum atomic E-state index is 12.6. The number of rotatable bonds is 5. The van der Waals surface area contributed by atoms with Gasteiger partial charge in [-0.3, -0.25) is 4.79 Å². The summed E-state index contributed by atoms with van der Waals surface area (Å²) in [6.07, 6.45) is 1.58. The van der Waals surface area contributed by atoms with Crippen molar-refractivity contribution in [3.8, 4) is 5.88 Å². The first kappa shape index (κ1) is 16.8. The molecule has 1 amide bonds. The third kappa shape index (κ3) is 3.71. The molecular formula is C20H21N3O2. The summed E-state index contributed by atoms with van der Waals surface area (Å²) in [5, 5.41) is 2.88. The molecule has 0 bridgehead atoms. The zero-order valence-corrected chi connectivity index (χ0v) is 14.6. The summed E-state index contributed by atoms with van der Waals surface area (Å²) in [5.41, 5.74) is 4.51. The van der Waals surface area contributed by atoms with Crippen molar-refractivity contribution in [2.75, 3.05) is 12.4 Å².